The third-order valence-electron chi connectivity index (χ3n) is 5.52. The van der Waals surface area contributed by atoms with Gasteiger partial charge in [-0.1, -0.05) is 0 Å². The number of fused-ring (bicyclic) bond motifs is 1. The minimum absolute atomic E-state index is 0.251. The van der Waals surface area contributed by atoms with E-state index in [1.54, 1.807) is 6.20 Å². The standard InChI is InChI=1S/C21H23N7O/c1-13-9-23-20(16-4-5-24-26-16)21-19(13)15(17-10-22-12-27(17)3)8-18(25-21)28-6-7-29-11-14(28)2/h4-5,8-10,12,14H,6-7,11H2,1-3H3,(H,24,26)/t14-/m1/s1. The van der Waals surface area contributed by atoms with E-state index in [1.165, 1.54) is 0 Å². The fourth-order valence-corrected chi connectivity index (χ4v) is 4.01. The van der Waals surface area contributed by atoms with Crippen LogP contribution in [0.1, 0.15) is 12.5 Å². The number of nitrogens with one attached hydrogen (secondary N) is 1. The van der Waals surface area contributed by atoms with E-state index in [0.29, 0.717) is 13.2 Å². The number of pyridine rings is 2. The van der Waals surface area contributed by atoms with Gasteiger partial charge in [-0.2, -0.15) is 5.10 Å². The molecule has 1 fully saturated rings. The summed E-state index contributed by atoms with van der Waals surface area (Å²) in [4.78, 5) is 16.4. The smallest absolute Gasteiger partial charge is 0.130 e. The van der Waals surface area contributed by atoms with Crippen molar-refractivity contribution < 1.29 is 4.74 Å². The normalized spacial score (nSPS) is 17.2. The zero-order chi connectivity index (χ0) is 20.0. The van der Waals surface area contributed by atoms with Crippen LogP contribution >= 0.6 is 0 Å². The molecule has 0 spiro atoms. The van der Waals surface area contributed by atoms with Crippen LogP contribution in [0.2, 0.25) is 0 Å². The molecule has 0 aromatic carbocycles. The lowest BCUT2D eigenvalue weighted by atomic mass is 10.0. The molecular formula is C21H23N7O. The first-order valence-electron chi connectivity index (χ1n) is 9.74. The summed E-state index contributed by atoms with van der Waals surface area (Å²) in [7, 11) is 2.01. The Morgan fingerprint density at radius 3 is 2.90 bits per heavy atom. The maximum Gasteiger partial charge on any atom is 0.130 e. The molecular weight excluding hydrogens is 366 g/mol. The Kier molecular flexibility index (Phi) is 4.28. The number of hydrogen-bond acceptors (Lipinski definition) is 6. The minimum Gasteiger partial charge on any atom is -0.377 e. The van der Waals surface area contributed by atoms with E-state index >= 15 is 0 Å². The Morgan fingerprint density at radius 2 is 2.17 bits per heavy atom. The quantitative estimate of drug-likeness (QED) is 0.580. The second-order valence-electron chi connectivity index (χ2n) is 7.52. The predicted molar refractivity (Wildman–Crippen MR) is 112 cm³/mol. The Hall–Kier alpha value is -3.26. The van der Waals surface area contributed by atoms with Crippen LogP contribution in [0.4, 0.5) is 5.82 Å². The highest BCUT2D eigenvalue weighted by Gasteiger charge is 2.24. The molecule has 4 aromatic heterocycles. The molecule has 1 aliphatic heterocycles. The van der Waals surface area contributed by atoms with Crippen molar-refractivity contribution in [2.75, 3.05) is 24.7 Å². The number of rotatable bonds is 3. The highest BCUT2D eigenvalue weighted by atomic mass is 16.5. The number of anilines is 1. The van der Waals surface area contributed by atoms with E-state index in [-0.39, 0.29) is 6.04 Å². The number of aromatic amines is 1. The molecule has 1 atom stereocenters. The van der Waals surface area contributed by atoms with Crippen LogP contribution in [0.3, 0.4) is 0 Å². The summed E-state index contributed by atoms with van der Waals surface area (Å²) in [5.41, 5.74) is 5.74. The molecule has 8 heteroatoms. The Morgan fingerprint density at radius 1 is 1.28 bits per heavy atom. The predicted octanol–water partition coefficient (Wildman–Crippen LogP) is 2.95. The molecule has 1 saturated heterocycles. The lowest BCUT2D eigenvalue weighted by Crippen LogP contribution is -2.44. The number of hydrogen-bond donors (Lipinski definition) is 1. The zero-order valence-electron chi connectivity index (χ0n) is 16.8. The molecule has 29 heavy (non-hydrogen) atoms. The van der Waals surface area contributed by atoms with Crippen LogP contribution in [0, 0.1) is 6.92 Å². The largest absolute Gasteiger partial charge is 0.377 e. The Bertz CT molecular complexity index is 1170. The highest BCUT2D eigenvalue weighted by molar-refractivity contribution is 6.02. The van der Waals surface area contributed by atoms with Crippen molar-refractivity contribution in [3.63, 3.8) is 0 Å². The third kappa shape index (κ3) is 2.96. The summed E-state index contributed by atoms with van der Waals surface area (Å²) < 4.78 is 7.67. The van der Waals surface area contributed by atoms with Crippen LogP contribution in [0.15, 0.2) is 37.1 Å². The number of aromatic nitrogens is 6. The maximum atomic E-state index is 5.64. The first kappa shape index (κ1) is 17.8. The molecule has 0 aliphatic carbocycles. The summed E-state index contributed by atoms with van der Waals surface area (Å²) in [5, 5.41) is 8.22. The Balaban J connectivity index is 1.84. The molecule has 5 heterocycles. The van der Waals surface area contributed by atoms with Crippen molar-refractivity contribution in [2.24, 2.45) is 7.05 Å². The molecule has 0 unspecified atom stereocenters. The fourth-order valence-electron chi connectivity index (χ4n) is 4.01. The van der Waals surface area contributed by atoms with Gasteiger partial charge in [0.05, 0.1) is 43.2 Å². The molecule has 5 rings (SSSR count). The summed E-state index contributed by atoms with van der Waals surface area (Å²) in [5.74, 6) is 0.928. The number of H-pyrrole nitrogens is 1. The summed E-state index contributed by atoms with van der Waals surface area (Å²) >= 11 is 0. The molecule has 0 bridgehead atoms. The van der Waals surface area contributed by atoms with Crippen LogP contribution < -0.4 is 4.90 Å². The summed E-state index contributed by atoms with van der Waals surface area (Å²) in [6, 6.07) is 4.35. The summed E-state index contributed by atoms with van der Waals surface area (Å²) in [6.45, 7) is 6.44. The van der Waals surface area contributed by atoms with Gasteiger partial charge in [0.1, 0.15) is 17.0 Å². The van der Waals surface area contributed by atoms with Gasteiger partial charge in [0.25, 0.3) is 0 Å². The molecule has 8 nitrogen and oxygen atoms in total. The van der Waals surface area contributed by atoms with Gasteiger partial charge >= 0.3 is 0 Å². The lowest BCUT2D eigenvalue weighted by molar-refractivity contribution is 0.0986. The van der Waals surface area contributed by atoms with Gasteiger partial charge < -0.3 is 14.2 Å². The van der Waals surface area contributed by atoms with Gasteiger partial charge in [-0.3, -0.25) is 10.1 Å². The van der Waals surface area contributed by atoms with E-state index in [4.69, 9.17) is 14.7 Å². The number of nitrogens with zero attached hydrogens (tertiary/aromatic N) is 6. The number of imidazole rings is 1. The van der Waals surface area contributed by atoms with Gasteiger partial charge in [-0.25, -0.2) is 9.97 Å². The number of ether oxygens (including phenoxy) is 1. The monoisotopic (exact) mass is 389 g/mol. The fraction of sp³-hybridized carbons (Fsp3) is 0.333. The second kappa shape index (κ2) is 6.97. The van der Waals surface area contributed by atoms with Crippen molar-refractivity contribution >= 4 is 16.7 Å². The summed E-state index contributed by atoms with van der Waals surface area (Å²) in [6.07, 6.45) is 7.36. The zero-order valence-corrected chi connectivity index (χ0v) is 16.8. The van der Waals surface area contributed by atoms with E-state index < -0.39 is 0 Å². The average molecular weight is 389 g/mol. The molecule has 1 N–H and O–H groups in total. The highest BCUT2D eigenvalue weighted by Crippen LogP contribution is 2.37. The minimum atomic E-state index is 0.251. The second-order valence-corrected chi connectivity index (χ2v) is 7.52. The molecule has 0 amide bonds. The van der Waals surface area contributed by atoms with E-state index in [0.717, 1.165) is 51.5 Å². The number of aryl methyl sites for hydroxylation is 2. The first-order chi connectivity index (χ1) is 14.1. The maximum absolute atomic E-state index is 5.64. The lowest BCUT2D eigenvalue weighted by Gasteiger charge is -2.34. The number of morpholine rings is 1. The van der Waals surface area contributed by atoms with Gasteiger partial charge in [-0.15, -0.1) is 0 Å². The van der Waals surface area contributed by atoms with Crippen molar-refractivity contribution in [3.8, 4) is 22.6 Å². The van der Waals surface area contributed by atoms with Crippen molar-refractivity contribution in [2.45, 2.75) is 19.9 Å². The van der Waals surface area contributed by atoms with E-state index in [2.05, 4.69) is 40.0 Å². The van der Waals surface area contributed by atoms with Gasteiger partial charge in [0.2, 0.25) is 0 Å². The molecule has 1 aliphatic rings. The third-order valence-corrected chi connectivity index (χ3v) is 5.52. The van der Waals surface area contributed by atoms with Crippen LogP contribution in [0.5, 0.6) is 0 Å². The van der Waals surface area contributed by atoms with Gasteiger partial charge in [0, 0.05) is 36.9 Å². The van der Waals surface area contributed by atoms with Gasteiger partial charge in [-0.05, 0) is 31.5 Å². The Labute approximate surface area is 168 Å². The van der Waals surface area contributed by atoms with E-state index in [9.17, 15) is 0 Å². The molecule has 4 aromatic rings. The van der Waals surface area contributed by atoms with Crippen LogP contribution in [-0.4, -0.2) is 55.5 Å². The van der Waals surface area contributed by atoms with Crippen molar-refractivity contribution in [1.29, 1.82) is 0 Å². The molecule has 148 valence electrons. The van der Waals surface area contributed by atoms with Crippen LogP contribution in [0.25, 0.3) is 33.5 Å². The van der Waals surface area contributed by atoms with E-state index in [1.807, 2.05) is 36.4 Å². The van der Waals surface area contributed by atoms with Crippen molar-refractivity contribution in [1.82, 2.24) is 29.7 Å². The first-order valence-corrected chi connectivity index (χ1v) is 9.74. The van der Waals surface area contributed by atoms with Gasteiger partial charge in [0.15, 0.2) is 0 Å². The van der Waals surface area contributed by atoms with Crippen LogP contribution in [-0.2, 0) is 11.8 Å². The topological polar surface area (TPSA) is 84.8 Å². The average Bonchev–Trinajstić information content (AvgIpc) is 3.40. The van der Waals surface area contributed by atoms with Crippen molar-refractivity contribution in [3.05, 3.63) is 42.6 Å². The molecule has 0 radical (unpaired) electrons. The SMILES string of the molecule is Cc1cnc(-c2ccn[nH]2)c2nc(N3CCOC[C@H]3C)cc(-c3cncn3C)c12. The molecule has 0 saturated carbocycles.